The molecule has 1 unspecified atom stereocenters. The first kappa shape index (κ1) is 15.3. The molecule has 4 heteroatoms. The number of likely N-dealkylation sites (N-methyl/N-ethyl adjacent to an activating group) is 1. The number of nitrogens with two attached hydrogens (primary N) is 1. The first-order chi connectivity index (χ1) is 9.72. The molecule has 2 N–H and O–H groups in total. The molecule has 1 fully saturated rings. The molecule has 0 radical (unpaired) electrons. The number of anilines is 1. The van der Waals surface area contributed by atoms with Gasteiger partial charge in [0.25, 0.3) is 0 Å². The molecular weight excluding hydrogens is 250 g/mol. The van der Waals surface area contributed by atoms with Crippen LogP contribution in [0.25, 0.3) is 0 Å². The second-order valence-electron chi connectivity index (χ2n) is 5.57. The number of morpholine rings is 1. The highest BCUT2D eigenvalue weighted by atomic mass is 16.5. The summed E-state index contributed by atoms with van der Waals surface area (Å²) in [5.41, 5.74) is 8.10. The predicted molar refractivity (Wildman–Crippen MR) is 84.1 cm³/mol. The van der Waals surface area contributed by atoms with Crippen LogP contribution in [-0.2, 0) is 11.3 Å². The second-order valence-corrected chi connectivity index (χ2v) is 5.57. The van der Waals surface area contributed by atoms with Gasteiger partial charge in [-0.05, 0) is 31.2 Å². The Kier molecular flexibility index (Phi) is 5.83. The zero-order valence-electron chi connectivity index (χ0n) is 12.7. The summed E-state index contributed by atoms with van der Waals surface area (Å²) in [5, 5.41) is 0. The second kappa shape index (κ2) is 7.62. The van der Waals surface area contributed by atoms with Crippen molar-refractivity contribution in [1.82, 2.24) is 4.90 Å². The zero-order valence-corrected chi connectivity index (χ0v) is 12.7. The van der Waals surface area contributed by atoms with E-state index in [1.807, 2.05) is 0 Å². The van der Waals surface area contributed by atoms with Gasteiger partial charge in [-0.3, -0.25) is 0 Å². The average Bonchev–Trinajstić information content (AvgIpc) is 2.47. The highest BCUT2D eigenvalue weighted by Crippen LogP contribution is 2.17. The van der Waals surface area contributed by atoms with Crippen LogP contribution in [0.4, 0.5) is 5.69 Å². The van der Waals surface area contributed by atoms with Gasteiger partial charge in [0.2, 0.25) is 0 Å². The summed E-state index contributed by atoms with van der Waals surface area (Å²) in [7, 11) is 2.16. The molecule has 112 valence electrons. The van der Waals surface area contributed by atoms with Crippen LogP contribution in [0.2, 0.25) is 0 Å². The summed E-state index contributed by atoms with van der Waals surface area (Å²) in [4.78, 5) is 4.76. The number of benzene rings is 1. The van der Waals surface area contributed by atoms with Crippen molar-refractivity contribution in [1.29, 1.82) is 0 Å². The van der Waals surface area contributed by atoms with Crippen LogP contribution < -0.4 is 10.6 Å². The Labute approximate surface area is 122 Å². The fraction of sp³-hybridized carbons (Fsp3) is 0.625. The Morgan fingerprint density at radius 1 is 1.35 bits per heavy atom. The highest BCUT2D eigenvalue weighted by molar-refractivity contribution is 5.47. The third-order valence-electron chi connectivity index (χ3n) is 3.80. The molecule has 1 atom stereocenters. The number of rotatable bonds is 6. The lowest BCUT2D eigenvalue weighted by molar-refractivity contribution is -0.0147. The molecule has 0 aromatic heterocycles. The SMILES string of the molecule is CCCN(CC1CN(C)CCO1)c1ccc(CN)cc1. The molecule has 1 aliphatic heterocycles. The molecule has 0 aliphatic carbocycles. The van der Waals surface area contributed by atoms with E-state index in [4.69, 9.17) is 10.5 Å². The standard InChI is InChI=1S/C16H27N3O/c1-3-8-19(13-16-12-18(2)9-10-20-16)15-6-4-14(11-17)5-7-15/h4-7,16H,3,8-13,17H2,1-2H3. The first-order valence-electron chi connectivity index (χ1n) is 7.57. The Hall–Kier alpha value is -1.10. The van der Waals surface area contributed by atoms with Gasteiger partial charge in [-0.1, -0.05) is 19.1 Å². The zero-order chi connectivity index (χ0) is 14.4. The van der Waals surface area contributed by atoms with Gasteiger partial charge in [0.1, 0.15) is 0 Å². The van der Waals surface area contributed by atoms with Crippen LogP contribution in [0.3, 0.4) is 0 Å². The monoisotopic (exact) mass is 277 g/mol. The third kappa shape index (κ3) is 4.20. The maximum atomic E-state index is 5.89. The van der Waals surface area contributed by atoms with Crippen molar-refractivity contribution in [2.45, 2.75) is 26.0 Å². The summed E-state index contributed by atoms with van der Waals surface area (Å²) in [6.45, 7) is 7.73. The van der Waals surface area contributed by atoms with Gasteiger partial charge in [-0.25, -0.2) is 0 Å². The predicted octanol–water partition coefficient (Wildman–Crippen LogP) is 1.69. The first-order valence-corrected chi connectivity index (χ1v) is 7.57. The molecular formula is C16H27N3O. The molecule has 0 bridgehead atoms. The molecule has 1 aliphatic rings. The van der Waals surface area contributed by atoms with E-state index in [0.717, 1.165) is 39.2 Å². The van der Waals surface area contributed by atoms with Crippen LogP contribution in [0, 0.1) is 0 Å². The maximum absolute atomic E-state index is 5.89. The minimum Gasteiger partial charge on any atom is -0.374 e. The van der Waals surface area contributed by atoms with Crippen LogP contribution in [0.1, 0.15) is 18.9 Å². The Morgan fingerprint density at radius 3 is 2.70 bits per heavy atom. The van der Waals surface area contributed by atoms with E-state index >= 15 is 0 Å². The molecule has 1 aromatic carbocycles. The van der Waals surface area contributed by atoms with Crippen molar-refractivity contribution in [3.05, 3.63) is 29.8 Å². The van der Waals surface area contributed by atoms with E-state index in [2.05, 4.69) is 48.0 Å². The molecule has 1 saturated heterocycles. The molecule has 20 heavy (non-hydrogen) atoms. The van der Waals surface area contributed by atoms with E-state index in [1.165, 1.54) is 11.3 Å². The van der Waals surface area contributed by atoms with Gasteiger partial charge in [0, 0.05) is 38.4 Å². The van der Waals surface area contributed by atoms with E-state index in [9.17, 15) is 0 Å². The van der Waals surface area contributed by atoms with E-state index in [-0.39, 0.29) is 0 Å². The fourth-order valence-corrected chi connectivity index (χ4v) is 2.66. The van der Waals surface area contributed by atoms with Crippen molar-refractivity contribution in [2.75, 3.05) is 44.7 Å². The van der Waals surface area contributed by atoms with Gasteiger partial charge in [-0.2, -0.15) is 0 Å². The topological polar surface area (TPSA) is 41.7 Å². The minimum absolute atomic E-state index is 0.300. The lowest BCUT2D eigenvalue weighted by Crippen LogP contribution is -2.46. The molecule has 4 nitrogen and oxygen atoms in total. The summed E-state index contributed by atoms with van der Waals surface area (Å²) in [6.07, 6.45) is 1.44. The molecule has 0 saturated carbocycles. The van der Waals surface area contributed by atoms with E-state index < -0.39 is 0 Å². The number of hydrogen-bond acceptors (Lipinski definition) is 4. The van der Waals surface area contributed by atoms with Crippen molar-refractivity contribution in [3.63, 3.8) is 0 Å². The lowest BCUT2D eigenvalue weighted by Gasteiger charge is -2.35. The van der Waals surface area contributed by atoms with Crippen molar-refractivity contribution in [3.8, 4) is 0 Å². The number of nitrogens with zero attached hydrogens (tertiary/aromatic N) is 2. The Bertz CT molecular complexity index is 393. The van der Waals surface area contributed by atoms with Crippen LogP contribution in [0.5, 0.6) is 0 Å². The quantitative estimate of drug-likeness (QED) is 0.859. The van der Waals surface area contributed by atoms with Crippen molar-refractivity contribution < 1.29 is 4.74 Å². The summed E-state index contributed by atoms with van der Waals surface area (Å²) < 4.78 is 5.89. The maximum Gasteiger partial charge on any atom is 0.0876 e. The van der Waals surface area contributed by atoms with Gasteiger partial charge < -0.3 is 20.3 Å². The summed E-state index contributed by atoms with van der Waals surface area (Å²) >= 11 is 0. The summed E-state index contributed by atoms with van der Waals surface area (Å²) in [5.74, 6) is 0. The van der Waals surface area contributed by atoms with Gasteiger partial charge in [0.05, 0.1) is 12.7 Å². The fourth-order valence-electron chi connectivity index (χ4n) is 2.66. The number of ether oxygens (including phenoxy) is 1. The number of hydrogen-bond donors (Lipinski definition) is 1. The average molecular weight is 277 g/mol. The Balaban J connectivity index is 2.01. The third-order valence-corrected chi connectivity index (χ3v) is 3.80. The van der Waals surface area contributed by atoms with Crippen LogP contribution in [-0.4, -0.2) is 50.8 Å². The summed E-state index contributed by atoms with van der Waals surface area (Å²) in [6, 6.07) is 8.58. The van der Waals surface area contributed by atoms with Crippen LogP contribution >= 0.6 is 0 Å². The van der Waals surface area contributed by atoms with E-state index in [1.54, 1.807) is 0 Å². The van der Waals surface area contributed by atoms with Crippen molar-refractivity contribution >= 4 is 5.69 Å². The molecule has 1 aromatic rings. The molecule has 0 amide bonds. The van der Waals surface area contributed by atoms with Crippen molar-refractivity contribution in [2.24, 2.45) is 5.73 Å². The van der Waals surface area contributed by atoms with Gasteiger partial charge in [-0.15, -0.1) is 0 Å². The Morgan fingerprint density at radius 2 is 2.10 bits per heavy atom. The molecule has 0 spiro atoms. The van der Waals surface area contributed by atoms with Gasteiger partial charge in [0.15, 0.2) is 0 Å². The molecule has 1 heterocycles. The smallest absolute Gasteiger partial charge is 0.0876 e. The normalized spacial score (nSPS) is 20.1. The van der Waals surface area contributed by atoms with Gasteiger partial charge >= 0.3 is 0 Å². The highest BCUT2D eigenvalue weighted by Gasteiger charge is 2.20. The van der Waals surface area contributed by atoms with Crippen LogP contribution in [0.15, 0.2) is 24.3 Å². The minimum atomic E-state index is 0.300. The van der Waals surface area contributed by atoms with E-state index in [0.29, 0.717) is 12.6 Å². The molecule has 2 rings (SSSR count). The largest absolute Gasteiger partial charge is 0.374 e. The lowest BCUT2D eigenvalue weighted by atomic mass is 10.1.